The third-order valence-corrected chi connectivity index (χ3v) is 2.87. The molecule has 0 unspecified atom stereocenters. The number of methoxy groups -OCH3 is 2. The van der Waals surface area contributed by atoms with Gasteiger partial charge in [-0.3, -0.25) is 0 Å². The van der Waals surface area contributed by atoms with E-state index < -0.39 is 0 Å². The van der Waals surface area contributed by atoms with Crippen LogP contribution in [0.1, 0.15) is 0 Å². The first-order chi connectivity index (χ1) is 10.8. The summed E-state index contributed by atoms with van der Waals surface area (Å²) in [5, 5.41) is 0. The van der Waals surface area contributed by atoms with Gasteiger partial charge in [-0.25, -0.2) is 0 Å². The van der Waals surface area contributed by atoms with Crippen molar-refractivity contribution in [1.29, 1.82) is 0 Å². The van der Waals surface area contributed by atoms with E-state index in [1.165, 1.54) is 0 Å². The van der Waals surface area contributed by atoms with Gasteiger partial charge in [0.05, 0.1) is 14.2 Å². The third-order valence-electron chi connectivity index (χ3n) is 2.87. The van der Waals surface area contributed by atoms with Gasteiger partial charge in [0.25, 0.3) is 0 Å². The van der Waals surface area contributed by atoms with E-state index in [9.17, 15) is 0 Å². The van der Waals surface area contributed by atoms with Crippen molar-refractivity contribution in [1.82, 2.24) is 0 Å². The van der Waals surface area contributed by atoms with E-state index >= 15 is 0 Å². The van der Waals surface area contributed by atoms with Crippen LogP contribution in [0.3, 0.4) is 0 Å². The lowest BCUT2D eigenvalue weighted by Gasteiger charge is -2.04. The lowest BCUT2D eigenvalue weighted by atomic mass is 10.3. The normalized spacial score (nSPS) is 9.36. The Morgan fingerprint density at radius 2 is 0.909 bits per heavy atom. The van der Waals surface area contributed by atoms with Crippen molar-refractivity contribution in [3.05, 3.63) is 48.5 Å². The first-order valence-electron chi connectivity index (χ1n) is 6.81. The Morgan fingerprint density at radius 1 is 0.591 bits per heavy atom. The van der Waals surface area contributed by atoms with Crippen LogP contribution in [0, 0.1) is 11.8 Å². The molecule has 114 valence electrons. The van der Waals surface area contributed by atoms with Crippen molar-refractivity contribution in [3.63, 3.8) is 0 Å². The maximum Gasteiger partial charge on any atom is 0.149 e. The smallest absolute Gasteiger partial charge is 0.149 e. The van der Waals surface area contributed by atoms with E-state index in [0.29, 0.717) is 13.2 Å². The van der Waals surface area contributed by atoms with Crippen molar-refractivity contribution >= 4 is 0 Å². The zero-order chi connectivity index (χ0) is 15.6. The van der Waals surface area contributed by atoms with Crippen LogP contribution in [0.15, 0.2) is 48.5 Å². The average molecular weight is 298 g/mol. The molecular weight excluding hydrogens is 280 g/mol. The van der Waals surface area contributed by atoms with E-state index in [0.717, 1.165) is 23.0 Å². The molecule has 0 saturated carbocycles. The van der Waals surface area contributed by atoms with Crippen LogP contribution >= 0.6 is 0 Å². The Morgan fingerprint density at radius 3 is 1.23 bits per heavy atom. The molecule has 0 spiro atoms. The highest BCUT2D eigenvalue weighted by molar-refractivity contribution is 5.32. The van der Waals surface area contributed by atoms with Crippen LogP contribution in [-0.2, 0) is 0 Å². The topological polar surface area (TPSA) is 36.9 Å². The van der Waals surface area contributed by atoms with Gasteiger partial charge in [0.15, 0.2) is 0 Å². The second-order valence-electron chi connectivity index (χ2n) is 4.28. The fourth-order valence-corrected chi connectivity index (χ4v) is 1.68. The van der Waals surface area contributed by atoms with Crippen LogP contribution in [0.2, 0.25) is 0 Å². The third kappa shape index (κ3) is 4.95. The molecule has 4 heteroatoms. The summed E-state index contributed by atoms with van der Waals surface area (Å²) in [5.74, 6) is 8.91. The Hall–Kier alpha value is -2.80. The van der Waals surface area contributed by atoms with Crippen molar-refractivity contribution in [2.75, 3.05) is 27.4 Å². The summed E-state index contributed by atoms with van der Waals surface area (Å²) in [6, 6.07) is 14.7. The van der Waals surface area contributed by atoms with Gasteiger partial charge >= 0.3 is 0 Å². The van der Waals surface area contributed by atoms with Crippen LogP contribution in [0.4, 0.5) is 0 Å². The maximum absolute atomic E-state index is 5.49. The summed E-state index contributed by atoms with van der Waals surface area (Å²) in [5.41, 5.74) is 0. The number of hydrogen-bond acceptors (Lipinski definition) is 4. The SMILES string of the molecule is COc1ccc(OCC#CCOc2ccc(OC)cc2)cc1. The fourth-order valence-electron chi connectivity index (χ4n) is 1.68. The minimum atomic E-state index is 0.318. The van der Waals surface area contributed by atoms with Gasteiger partial charge in [0.1, 0.15) is 36.2 Å². The van der Waals surface area contributed by atoms with Gasteiger partial charge in [-0.1, -0.05) is 11.8 Å². The molecule has 0 saturated heterocycles. The number of ether oxygens (including phenoxy) is 4. The fraction of sp³-hybridized carbons (Fsp3) is 0.222. The molecule has 0 radical (unpaired) electrons. The summed E-state index contributed by atoms with van der Waals surface area (Å²) in [4.78, 5) is 0. The molecule has 4 nitrogen and oxygen atoms in total. The predicted octanol–water partition coefficient (Wildman–Crippen LogP) is 3.17. The molecule has 0 aliphatic carbocycles. The Labute approximate surface area is 130 Å². The molecule has 0 amide bonds. The molecule has 0 N–H and O–H groups in total. The molecule has 2 aromatic rings. The molecule has 2 aromatic carbocycles. The van der Waals surface area contributed by atoms with E-state index in [4.69, 9.17) is 18.9 Å². The average Bonchev–Trinajstić information content (AvgIpc) is 2.59. The molecule has 2 rings (SSSR count). The lowest BCUT2D eigenvalue weighted by Crippen LogP contribution is -1.97. The van der Waals surface area contributed by atoms with Gasteiger partial charge in [-0.2, -0.15) is 0 Å². The number of benzene rings is 2. The van der Waals surface area contributed by atoms with E-state index in [1.54, 1.807) is 14.2 Å². The number of rotatable bonds is 6. The monoisotopic (exact) mass is 298 g/mol. The zero-order valence-corrected chi connectivity index (χ0v) is 12.7. The summed E-state index contributed by atoms with van der Waals surface area (Å²) in [7, 11) is 3.26. The first-order valence-corrected chi connectivity index (χ1v) is 6.81. The van der Waals surface area contributed by atoms with Crippen molar-refractivity contribution in [2.24, 2.45) is 0 Å². The molecule has 0 atom stereocenters. The Balaban J connectivity index is 1.70. The van der Waals surface area contributed by atoms with Crippen LogP contribution in [-0.4, -0.2) is 27.4 Å². The summed E-state index contributed by atoms with van der Waals surface area (Å²) in [6.45, 7) is 0.636. The summed E-state index contributed by atoms with van der Waals surface area (Å²) in [6.07, 6.45) is 0. The minimum absolute atomic E-state index is 0.318. The summed E-state index contributed by atoms with van der Waals surface area (Å²) < 4.78 is 21.1. The van der Waals surface area contributed by atoms with Crippen molar-refractivity contribution in [2.45, 2.75) is 0 Å². The van der Waals surface area contributed by atoms with Crippen LogP contribution in [0.5, 0.6) is 23.0 Å². The molecule has 0 aliphatic heterocycles. The Kier molecular flexibility index (Phi) is 6.01. The molecule has 0 aromatic heterocycles. The molecule has 0 bridgehead atoms. The molecule has 0 fully saturated rings. The highest BCUT2D eigenvalue weighted by atomic mass is 16.5. The van der Waals surface area contributed by atoms with E-state index in [1.807, 2.05) is 48.5 Å². The first kappa shape index (κ1) is 15.6. The zero-order valence-electron chi connectivity index (χ0n) is 12.7. The highest BCUT2D eigenvalue weighted by Crippen LogP contribution is 2.17. The maximum atomic E-state index is 5.49. The van der Waals surface area contributed by atoms with Gasteiger partial charge in [0, 0.05) is 0 Å². The van der Waals surface area contributed by atoms with Gasteiger partial charge in [-0.05, 0) is 48.5 Å². The quantitative estimate of drug-likeness (QED) is 0.768. The van der Waals surface area contributed by atoms with Gasteiger partial charge in [0.2, 0.25) is 0 Å². The Bertz CT molecular complexity index is 565. The minimum Gasteiger partial charge on any atom is -0.497 e. The molecular formula is C18H18O4. The standard InChI is InChI=1S/C18H18O4/c1-19-15-5-9-17(10-6-15)21-13-3-4-14-22-18-11-7-16(20-2)8-12-18/h5-12H,13-14H2,1-2H3. The van der Waals surface area contributed by atoms with E-state index in [2.05, 4.69) is 11.8 Å². The van der Waals surface area contributed by atoms with Crippen LogP contribution in [0.25, 0.3) is 0 Å². The second-order valence-corrected chi connectivity index (χ2v) is 4.28. The van der Waals surface area contributed by atoms with Crippen molar-refractivity contribution < 1.29 is 18.9 Å². The second kappa shape index (κ2) is 8.48. The molecule has 0 aliphatic rings. The van der Waals surface area contributed by atoms with Crippen LogP contribution < -0.4 is 18.9 Å². The summed E-state index contributed by atoms with van der Waals surface area (Å²) >= 11 is 0. The van der Waals surface area contributed by atoms with Crippen molar-refractivity contribution in [3.8, 4) is 34.8 Å². The largest absolute Gasteiger partial charge is 0.497 e. The predicted molar refractivity (Wildman–Crippen MR) is 84.8 cm³/mol. The van der Waals surface area contributed by atoms with E-state index in [-0.39, 0.29) is 0 Å². The lowest BCUT2D eigenvalue weighted by molar-refractivity contribution is 0.360. The molecule has 22 heavy (non-hydrogen) atoms. The van der Waals surface area contributed by atoms with Gasteiger partial charge in [-0.15, -0.1) is 0 Å². The van der Waals surface area contributed by atoms with Gasteiger partial charge < -0.3 is 18.9 Å². The number of hydrogen-bond donors (Lipinski definition) is 0. The molecule has 0 heterocycles. The highest BCUT2D eigenvalue weighted by Gasteiger charge is 1.94.